The minimum Gasteiger partial charge on any atom is -0.392 e. The van der Waals surface area contributed by atoms with Crippen LogP contribution < -0.4 is 4.90 Å². The zero-order valence-corrected chi connectivity index (χ0v) is 17.3. The lowest BCUT2D eigenvalue weighted by atomic mass is 9.88. The van der Waals surface area contributed by atoms with E-state index >= 15 is 0 Å². The Kier molecular flexibility index (Phi) is 5.62. The highest BCUT2D eigenvalue weighted by Crippen LogP contribution is 2.27. The fraction of sp³-hybridized carbons (Fsp3) is 0.400. The molecule has 1 N–H and O–H groups in total. The molecule has 2 heterocycles. The van der Waals surface area contributed by atoms with Crippen molar-refractivity contribution in [3.63, 3.8) is 0 Å². The number of amides is 1. The molecule has 0 saturated carbocycles. The van der Waals surface area contributed by atoms with Crippen molar-refractivity contribution in [1.29, 1.82) is 0 Å². The SMILES string of the molecule is CCN(C(=O)Cn1nc(C(=O)C(C)(C)C)c2ccc(CO)cc21)c1nccs1. The van der Waals surface area contributed by atoms with E-state index in [1.54, 1.807) is 34.0 Å². The molecular weight excluding hydrogens is 376 g/mol. The van der Waals surface area contributed by atoms with Crippen LogP contribution in [0.5, 0.6) is 0 Å². The maximum absolute atomic E-state index is 12.9. The van der Waals surface area contributed by atoms with Gasteiger partial charge < -0.3 is 5.11 Å². The van der Waals surface area contributed by atoms with Crippen molar-refractivity contribution in [3.05, 3.63) is 41.0 Å². The summed E-state index contributed by atoms with van der Waals surface area (Å²) >= 11 is 1.39. The summed E-state index contributed by atoms with van der Waals surface area (Å²) in [6.45, 7) is 7.76. The molecule has 0 saturated heterocycles. The molecule has 8 heteroatoms. The van der Waals surface area contributed by atoms with Crippen molar-refractivity contribution in [2.45, 2.75) is 40.8 Å². The monoisotopic (exact) mass is 400 g/mol. The Morgan fingerprint density at radius 1 is 1.29 bits per heavy atom. The third kappa shape index (κ3) is 3.83. The van der Waals surface area contributed by atoms with Crippen LogP contribution in [0.2, 0.25) is 0 Å². The molecule has 0 aliphatic carbocycles. The van der Waals surface area contributed by atoms with E-state index in [4.69, 9.17) is 0 Å². The summed E-state index contributed by atoms with van der Waals surface area (Å²) in [6, 6.07) is 5.32. The van der Waals surface area contributed by atoms with E-state index in [2.05, 4.69) is 10.1 Å². The first-order chi connectivity index (χ1) is 13.3. The molecule has 0 aliphatic rings. The summed E-state index contributed by atoms with van der Waals surface area (Å²) in [5.41, 5.74) is 1.10. The molecule has 1 aromatic carbocycles. The van der Waals surface area contributed by atoms with Crippen molar-refractivity contribution in [1.82, 2.24) is 14.8 Å². The largest absolute Gasteiger partial charge is 0.392 e. The summed E-state index contributed by atoms with van der Waals surface area (Å²) < 4.78 is 1.55. The third-order valence-electron chi connectivity index (χ3n) is 4.45. The molecule has 0 fully saturated rings. The third-order valence-corrected chi connectivity index (χ3v) is 5.24. The first-order valence-corrected chi connectivity index (χ1v) is 9.99. The van der Waals surface area contributed by atoms with Crippen LogP contribution in [-0.2, 0) is 17.9 Å². The average Bonchev–Trinajstić information content (AvgIpc) is 3.29. The molecule has 0 radical (unpaired) electrons. The number of aliphatic hydroxyl groups is 1. The molecule has 0 spiro atoms. The minimum absolute atomic E-state index is 0.0176. The second kappa shape index (κ2) is 7.81. The van der Waals surface area contributed by atoms with Gasteiger partial charge in [-0.1, -0.05) is 32.9 Å². The lowest BCUT2D eigenvalue weighted by molar-refractivity contribution is -0.119. The van der Waals surface area contributed by atoms with Crippen LogP contribution >= 0.6 is 11.3 Å². The summed E-state index contributed by atoms with van der Waals surface area (Å²) in [5, 5.41) is 17.1. The molecule has 3 rings (SSSR count). The molecule has 0 bridgehead atoms. The number of likely N-dealkylation sites (N-methyl/N-ethyl adjacent to an activating group) is 1. The van der Waals surface area contributed by atoms with Gasteiger partial charge in [-0.2, -0.15) is 5.10 Å². The zero-order chi connectivity index (χ0) is 20.5. The molecule has 0 unspecified atom stereocenters. The summed E-state index contributed by atoms with van der Waals surface area (Å²) in [5.74, 6) is -0.251. The van der Waals surface area contributed by atoms with Crippen molar-refractivity contribution in [2.24, 2.45) is 5.41 Å². The average molecular weight is 401 g/mol. The molecule has 0 atom stereocenters. The number of carbonyl (C=O) groups excluding carboxylic acids is 2. The lowest BCUT2D eigenvalue weighted by Crippen LogP contribution is -2.34. The zero-order valence-electron chi connectivity index (χ0n) is 16.5. The molecule has 148 valence electrons. The van der Waals surface area contributed by atoms with Crippen LogP contribution in [0.1, 0.15) is 43.7 Å². The normalized spacial score (nSPS) is 11.8. The Labute approximate surface area is 167 Å². The Hall–Kier alpha value is -2.58. The fourth-order valence-electron chi connectivity index (χ4n) is 2.94. The number of benzene rings is 1. The number of anilines is 1. The summed E-state index contributed by atoms with van der Waals surface area (Å²) in [6.07, 6.45) is 1.66. The second-order valence-corrected chi connectivity index (χ2v) is 8.42. The maximum atomic E-state index is 12.9. The second-order valence-electron chi connectivity index (χ2n) is 7.55. The van der Waals surface area contributed by atoms with Crippen LogP contribution in [0.3, 0.4) is 0 Å². The Morgan fingerprint density at radius 3 is 2.61 bits per heavy atom. The van der Waals surface area contributed by atoms with E-state index in [-0.39, 0.29) is 24.8 Å². The number of nitrogens with zero attached hydrogens (tertiary/aromatic N) is 4. The first-order valence-electron chi connectivity index (χ1n) is 9.11. The van der Waals surface area contributed by atoms with Crippen molar-refractivity contribution < 1.29 is 14.7 Å². The predicted molar refractivity (Wildman–Crippen MR) is 110 cm³/mol. The van der Waals surface area contributed by atoms with Gasteiger partial charge in [-0.3, -0.25) is 19.2 Å². The van der Waals surface area contributed by atoms with Gasteiger partial charge in [0.05, 0.1) is 12.1 Å². The molecule has 28 heavy (non-hydrogen) atoms. The van der Waals surface area contributed by atoms with Crippen molar-refractivity contribution in [3.8, 4) is 0 Å². The van der Waals surface area contributed by atoms with Crippen molar-refractivity contribution in [2.75, 3.05) is 11.4 Å². The van der Waals surface area contributed by atoms with Gasteiger partial charge in [0.2, 0.25) is 0 Å². The van der Waals surface area contributed by atoms with Gasteiger partial charge in [-0.05, 0) is 18.6 Å². The van der Waals surface area contributed by atoms with E-state index in [9.17, 15) is 14.7 Å². The summed E-state index contributed by atoms with van der Waals surface area (Å²) in [4.78, 5) is 31.6. The number of ketones is 1. The summed E-state index contributed by atoms with van der Waals surface area (Å²) in [7, 11) is 0. The Balaban J connectivity index is 2.04. The van der Waals surface area contributed by atoms with Gasteiger partial charge in [0.25, 0.3) is 5.91 Å². The molecule has 2 aromatic heterocycles. The van der Waals surface area contributed by atoms with Crippen LogP contribution in [0, 0.1) is 5.41 Å². The number of hydrogen-bond donors (Lipinski definition) is 1. The number of aromatic nitrogens is 3. The molecule has 1 amide bonds. The number of thiazole rings is 1. The van der Waals surface area contributed by atoms with E-state index in [1.165, 1.54) is 11.3 Å². The Morgan fingerprint density at radius 2 is 2.04 bits per heavy atom. The molecular formula is C20H24N4O3S. The number of hydrogen-bond acceptors (Lipinski definition) is 6. The van der Waals surface area contributed by atoms with Crippen LogP contribution in [0.25, 0.3) is 10.9 Å². The highest BCUT2D eigenvalue weighted by atomic mass is 32.1. The first kappa shape index (κ1) is 20.2. The van der Waals surface area contributed by atoms with Gasteiger partial charge >= 0.3 is 0 Å². The number of aliphatic hydroxyl groups excluding tert-OH is 1. The predicted octanol–water partition coefficient (Wildman–Crippen LogP) is 3.27. The number of fused-ring (bicyclic) bond motifs is 1. The quantitative estimate of drug-likeness (QED) is 0.642. The number of Topliss-reactive ketones (excluding diaryl/α,β-unsaturated/α-hetero) is 1. The van der Waals surface area contributed by atoms with Crippen LogP contribution in [-0.4, -0.2) is 38.1 Å². The number of rotatable bonds is 6. The van der Waals surface area contributed by atoms with E-state index in [1.807, 2.05) is 33.1 Å². The minimum atomic E-state index is -0.595. The van der Waals surface area contributed by atoms with Gasteiger partial charge in [-0.15, -0.1) is 11.3 Å². The molecule has 7 nitrogen and oxygen atoms in total. The van der Waals surface area contributed by atoms with Crippen molar-refractivity contribution >= 4 is 39.1 Å². The maximum Gasteiger partial charge on any atom is 0.250 e. The smallest absolute Gasteiger partial charge is 0.250 e. The van der Waals surface area contributed by atoms with Crippen LogP contribution in [0.4, 0.5) is 5.13 Å². The van der Waals surface area contributed by atoms with Gasteiger partial charge in [-0.25, -0.2) is 4.98 Å². The van der Waals surface area contributed by atoms with Gasteiger partial charge in [0.1, 0.15) is 12.2 Å². The highest BCUT2D eigenvalue weighted by molar-refractivity contribution is 7.13. The topological polar surface area (TPSA) is 88.3 Å². The van der Waals surface area contributed by atoms with E-state index in [0.717, 1.165) is 0 Å². The standard InChI is InChI=1S/C20H24N4O3S/c1-5-23(19-21-8-9-28-19)16(26)11-24-15-10-13(12-25)6-7-14(15)17(22-24)18(27)20(2,3)4/h6-10,25H,5,11-12H2,1-4H3. The highest BCUT2D eigenvalue weighted by Gasteiger charge is 2.29. The van der Waals surface area contributed by atoms with Crippen LogP contribution in [0.15, 0.2) is 29.8 Å². The fourth-order valence-corrected chi connectivity index (χ4v) is 3.67. The Bertz CT molecular complexity index is 1000. The lowest BCUT2D eigenvalue weighted by Gasteiger charge is -2.18. The molecule has 3 aromatic rings. The number of carbonyl (C=O) groups is 2. The molecule has 0 aliphatic heterocycles. The van der Waals surface area contributed by atoms with Gasteiger partial charge in [0, 0.05) is 28.9 Å². The van der Waals surface area contributed by atoms with E-state index in [0.29, 0.717) is 33.8 Å². The van der Waals surface area contributed by atoms with E-state index < -0.39 is 5.41 Å². The van der Waals surface area contributed by atoms with Gasteiger partial charge in [0.15, 0.2) is 10.9 Å².